The molecule has 1 aromatic carbocycles. The first kappa shape index (κ1) is 21.5. The summed E-state index contributed by atoms with van der Waals surface area (Å²) >= 11 is 7.86. The van der Waals surface area contributed by atoms with Gasteiger partial charge in [0.15, 0.2) is 17.0 Å². The maximum Gasteiger partial charge on any atom is 0.229 e. The van der Waals surface area contributed by atoms with Crippen molar-refractivity contribution in [3.05, 3.63) is 46.4 Å². The van der Waals surface area contributed by atoms with E-state index in [1.165, 1.54) is 0 Å². The number of nitrogens with zero attached hydrogens (tertiary/aromatic N) is 6. The molecule has 0 spiro atoms. The molecule has 2 aliphatic heterocycles. The molecule has 0 amide bonds. The van der Waals surface area contributed by atoms with Gasteiger partial charge in [-0.25, -0.2) is 4.98 Å². The lowest BCUT2D eigenvalue weighted by Gasteiger charge is -2.30. The van der Waals surface area contributed by atoms with Crippen LogP contribution in [0.15, 0.2) is 41.4 Å². The Labute approximate surface area is 206 Å². The van der Waals surface area contributed by atoms with Gasteiger partial charge in [0.25, 0.3) is 0 Å². The molecule has 176 valence electrons. The zero-order valence-electron chi connectivity index (χ0n) is 18.8. The van der Waals surface area contributed by atoms with Gasteiger partial charge in [-0.3, -0.25) is 4.57 Å². The number of rotatable bonds is 5. The number of halogens is 1. The summed E-state index contributed by atoms with van der Waals surface area (Å²) in [5.41, 5.74) is 10.9. The zero-order chi connectivity index (χ0) is 23.2. The van der Waals surface area contributed by atoms with Gasteiger partial charge in [0.2, 0.25) is 5.95 Å². The Kier molecular flexibility index (Phi) is 5.43. The third-order valence-corrected chi connectivity index (χ3v) is 7.49. The highest BCUT2D eigenvalue weighted by Crippen LogP contribution is 2.36. The summed E-state index contributed by atoms with van der Waals surface area (Å²) < 4.78 is 2.02. The van der Waals surface area contributed by atoms with Gasteiger partial charge in [-0.1, -0.05) is 11.6 Å². The molecule has 6 rings (SSSR count). The minimum Gasteiger partial charge on any atom is -0.364 e. The van der Waals surface area contributed by atoms with E-state index >= 15 is 0 Å². The van der Waals surface area contributed by atoms with Crippen molar-refractivity contribution in [2.45, 2.75) is 25.0 Å². The predicted octanol–water partition coefficient (Wildman–Crippen LogP) is 3.76. The summed E-state index contributed by atoms with van der Waals surface area (Å²) in [5, 5.41) is 12.0. The third-order valence-electron chi connectivity index (χ3n) is 6.58. The lowest BCUT2D eigenvalue weighted by molar-refractivity contribution is 0.496. The van der Waals surface area contributed by atoms with E-state index in [0.717, 1.165) is 65.0 Å². The molecule has 1 fully saturated rings. The Hall–Kier alpha value is -3.08. The minimum atomic E-state index is 0.0499. The molecule has 4 aromatic rings. The first-order valence-corrected chi connectivity index (χ1v) is 12.7. The summed E-state index contributed by atoms with van der Waals surface area (Å²) in [7, 11) is 2.06. The molecule has 0 saturated carbocycles. The van der Waals surface area contributed by atoms with Crippen LogP contribution in [0.5, 0.6) is 0 Å². The van der Waals surface area contributed by atoms with Gasteiger partial charge >= 0.3 is 0 Å². The van der Waals surface area contributed by atoms with E-state index < -0.39 is 0 Å². The van der Waals surface area contributed by atoms with Gasteiger partial charge in [0.05, 0.1) is 23.6 Å². The number of nitrogens with one attached hydrogen (secondary N) is 2. The number of benzene rings is 1. The largest absolute Gasteiger partial charge is 0.364 e. The molecule has 0 radical (unpaired) electrons. The zero-order valence-corrected chi connectivity index (χ0v) is 20.4. The van der Waals surface area contributed by atoms with Crippen molar-refractivity contribution in [2.24, 2.45) is 5.73 Å². The number of piperidine rings is 1. The maximum atomic E-state index is 6.21. The Morgan fingerprint density at radius 1 is 1.24 bits per heavy atom. The van der Waals surface area contributed by atoms with Crippen LogP contribution in [0, 0.1) is 0 Å². The molecular formula is C23H26ClN9S. The smallest absolute Gasteiger partial charge is 0.229 e. The molecule has 9 nitrogen and oxygen atoms in total. The van der Waals surface area contributed by atoms with E-state index in [-0.39, 0.29) is 12.2 Å². The third kappa shape index (κ3) is 3.81. The van der Waals surface area contributed by atoms with Gasteiger partial charge in [-0.2, -0.15) is 21.3 Å². The minimum absolute atomic E-state index is 0.0499. The number of likely N-dealkylation sites (N-methyl/N-ethyl adjacent to an activating group) is 1. The second-order valence-electron chi connectivity index (χ2n) is 8.78. The van der Waals surface area contributed by atoms with E-state index in [4.69, 9.17) is 27.3 Å². The summed E-state index contributed by atoms with van der Waals surface area (Å²) in [5.74, 6) is 1.44. The predicted molar refractivity (Wildman–Crippen MR) is 140 cm³/mol. The fourth-order valence-electron chi connectivity index (χ4n) is 4.58. The average Bonchev–Trinajstić information content (AvgIpc) is 3.57. The molecule has 1 unspecified atom stereocenters. The van der Waals surface area contributed by atoms with Gasteiger partial charge in [-0.05, 0) is 42.5 Å². The number of thiophene rings is 1. The van der Waals surface area contributed by atoms with Gasteiger partial charge in [0, 0.05) is 36.6 Å². The van der Waals surface area contributed by atoms with Crippen LogP contribution in [0.3, 0.4) is 0 Å². The van der Waals surface area contributed by atoms with E-state index in [0.29, 0.717) is 12.5 Å². The van der Waals surface area contributed by atoms with Crippen LogP contribution in [0.25, 0.3) is 16.9 Å². The van der Waals surface area contributed by atoms with Crippen molar-refractivity contribution in [1.29, 1.82) is 0 Å². The molecule has 4 N–H and O–H groups in total. The van der Waals surface area contributed by atoms with Crippen LogP contribution in [-0.2, 0) is 0 Å². The Balaban J connectivity index is 1.32. The monoisotopic (exact) mass is 495 g/mol. The first-order chi connectivity index (χ1) is 16.6. The number of imidazole rings is 1. The fraction of sp³-hybridized carbons (Fsp3) is 0.348. The normalized spacial score (nSPS) is 18.4. The van der Waals surface area contributed by atoms with Gasteiger partial charge < -0.3 is 26.2 Å². The summed E-state index contributed by atoms with van der Waals surface area (Å²) in [6.07, 6.45) is 3.74. The van der Waals surface area contributed by atoms with Crippen LogP contribution in [0.2, 0.25) is 5.02 Å². The van der Waals surface area contributed by atoms with Crippen molar-refractivity contribution in [1.82, 2.24) is 19.5 Å². The second-order valence-corrected chi connectivity index (χ2v) is 9.99. The number of nitrogens with two attached hydrogens (primary N) is 1. The van der Waals surface area contributed by atoms with Crippen molar-refractivity contribution in [3.8, 4) is 5.69 Å². The molecule has 5 heterocycles. The molecule has 34 heavy (non-hydrogen) atoms. The van der Waals surface area contributed by atoms with Crippen LogP contribution in [0.1, 0.15) is 12.8 Å². The van der Waals surface area contributed by atoms with Crippen LogP contribution >= 0.6 is 22.9 Å². The van der Waals surface area contributed by atoms with Crippen molar-refractivity contribution >= 4 is 57.2 Å². The average molecular weight is 496 g/mol. The lowest BCUT2D eigenvalue weighted by atomic mass is 10.1. The van der Waals surface area contributed by atoms with Crippen molar-refractivity contribution in [3.63, 3.8) is 0 Å². The van der Waals surface area contributed by atoms with Gasteiger partial charge in [0.1, 0.15) is 12.5 Å². The molecular weight excluding hydrogens is 470 g/mol. The highest BCUT2D eigenvalue weighted by Gasteiger charge is 2.27. The number of fused-ring (bicyclic) bond motifs is 2. The fourth-order valence-corrected chi connectivity index (χ4v) is 5.37. The van der Waals surface area contributed by atoms with E-state index in [9.17, 15) is 0 Å². The Morgan fingerprint density at radius 2 is 2.09 bits per heavy atom. The van der Waals surface area contributed by atoms with E-state index in [1.807, 2.05) is 29.1 Å². The number of hydrogen-bond acceptors (Lipinski definition) is 9. The summed E-state index contributed by atoms with van der Waals surface area (Å²) in [4.78, 5) is 18.9. The highest BCUT2D eigenvalue weighted by molar-refractivity contribution is 7.08. The molecule has 11 heteroatoms. The van der Waals surface area contributed by atoms with E-state index in [2.05, 4.69) is 49.3 Å². The first-order valence-electron chi connectivity index (χ1n) is 11.4. The maximum absolute atomic E-state index is 6.21. The highest BCUT2D eigenvalue weighted by atomic mass is 35.5. The van der Waals surface area contributed by atoms with Crippen LogP contribution < -0.4 is 26.2 Å². The molecule has 2 aliphatic rings. The summed E-state index contributed by atoms with van der Waals surface area (Å²) in [6.45, 7) is 2.33. The molecule has 3 aromatic heterocycles. The van der Waals surface area contributed by atoms with Gasteiger partial charge in [-0.15, -0.1) is 0 Å². The number of hydrogen-bond donors (Lipinski definition) is 3. The lowest BCUT2D eigenvalue weighted by Crippen LogP contribution is -2.41. The standard InChI is InChI=1S/C23H26ClN9S/c1-31-18-10-14(24)2-3-17(18)28-19(31)11-26-21-20-22(33(13-27-20)16-6-9-34-12-16)30-23(29-21)32-7-4-15(25)5-8-32/h2-3,6,9-10,12-13,15,19,28H,4-5,7-8,11,25H2,1H3,(H,26,29,30). The molecule has 0 aliphatic carbocycles. The molecule has 0 bridgehead atoms. The molecule has 1 atom stereocenters. The van der Waals surface area contributed by atoms with Crippen molar-refractivity contribution in [2.75, 3.05) is 47.1 Å². The van der Waals surface area contributed by atoms with Crippen molar-refractivity contribution < 1.29 is 0 Å². The van der Waals surface area contributed by atoms with Crippen LogP contribution in [-0.4, -0.2) is 58.4 Å². The molecule has 1 saturated heterocycles. The van der Waals surface area contributed by atoms with E-state index in [1.54, 1.807) is 11.3 Å². The van der Waals surface area contributed by atoms with Crippen LogP contribution in [0.4, 0.5) is 23.1 Å². The Morgan fingerprint density at radius 3 is 2.88 bits per heavy atom. The number of anilines is 4. The Bertz CT molecular complexity index is 1310. The SMILES string of the molecule is CN1c2cc(Cl)ccc2NC1CNc1nc(N2CCC(N)CC2)nc2c1ncn2-c1ccsc1. The second kappa shape index (κ2) is 8.61. The summed E-state index contributed by atoms with van der Waals surface area (Å²) in [6, 6.07) is 8.21. The quantitative estimate of drug-likeness (QED) is 0.385. The topological polar surface area (TPSA) is 100 Å². The number of aromatic nitrogens is 4.